The van der Waals surface area contributed by atoms with E-state index in [1.54, 1.807) is 12.1 Å². The lowest BCUT2D eigenvalue weighted by molar-refractivity contribution is -0.128. The third-order valence-corrected chi connectivity index (χ3v) is 3.16. The molecule has 0 radical (unpaired) electrons. The lowest BCUT2D eigenvalue weighted by Gasteiger charge is -2.17. The summed E-state index contributed by atoms with van der Waals surface area (Å²) < 4.78 is 26.0. The van der Waals surface area contributed by atoms with Crippen LogP contribution in [0.5, 0.6) is 0 Å². The molecule has 0 aromatic heterocycles. The van der Waals surface area contributed by atoms with Gasteiger partial charge in [0.25, 0.3) is 11.8 Å². The van der Waals surface area contributed by atoms with Crippen molar-refractivity contribution in [3.8, 4) is 0 Å². The summed E-state index contributed by atoms with van der Waals surface area (Å²) in [6.07, 6.45) is 0. The highest BCUT2D eigenvalue weighted by Gasteiger charge is 2.27. The topological polar surface area (TPSA) is 84.2 Å². The Balaban J connectivity index is 0.00000529. The number of carbonyl (C=O) groups excluding carboxylic acids is 2. The second kappa shape index (κ2) is 8.94. The van der Waals surface area contributed by atoms with Crippen LogP contribution in [-0.2, 0) is 11.3 Å². The second-order valence-corrected chi connectivity index (χ2v) is 6.37. The number of nitrogens with two attached hydrogens (primary N) is 1. The average molecular weight is 364 g/mol. The van der Waals surface area contributed by atoms with E-state index in [1.807, 2.05) is 20.8 Å². The second-order valence-electron chi connectivity index (χ2n) is 6.37. The molecule has 136 valence electrons. The molecule has 5 nitrogen and oxygen atoms in total. The lowest BCUT2D eigenvalue weighted by atomic mass is 9.95. The first-order chi connectivity index (χ1) is 10.5. The van der Waals surface area contributed by atoms with Gasteiger partial charge in [0.05, 0.1) is 13.1 Å². The Morgan fingerprint density at radius 3 is 2.08 bits per heavy atom. The zero-order valence-corrected chi connectivity index (χ0v) is 14.8. The Bertz CT molecular complexity index is 557. The largest absolute Gasteiger partial charge is 0.352 e. The van der Waals surface area contributed by atoms with Gasteiger partial charge in [-0.25, -0.2) is 8.78 Å². The van der Waals surface area contributed by atoms with Gasteiger partial charge in [-0.15, -0.1) is 12.4 Å². The molecule has 1 aromatic rings. The van der Waals surface area contributed by atoms with Crippen LogP contribution in [0.2, 0.25) is 0 Å². The predicted octanol–water partition coefficient (Wildman–Crippen LogP) is 2.09. The summed E-state index contributed by atoms with van der Waals surface area (Å²) in [5, 5.41) is 4.93. The van der Waals surface area contributed by atoms with E-state index in [-0.39, 0.29) is 23.9 Å². The zero-order valence-electron chi connectivity index (χ0n) is 14.0. The normalized spacial score (nSPS) is 11.4. The van der Waals surface area contributed by atoms with Crippen molar-refractivity contribution in [1.82, 2.24) is 10.6 Å². The Labute approximate surface area is 146 Å². The van der Waals surface area contributed by atoms with E-state index in [0.717, 1.165) is 5.56 Å². The highest BCUT2D eigenvalue weighted by molar-refractivity contribution is 5.94. The van der Waals surface area contributed by atoms with Crippen LogP contribution in [0.4, 0.5) is 8.78 Å². The first-order valence-electron chi connectivity index (χ1n) is 7.28. The molecule has 0 aliphatic carbocycles. The van der Waals surface area contributed by atoms with Crippen molar-refractivity contribution in [2.24, 2.45) is 11.1 Å². The number of rotatable bonds is 6. The molecular formula is C16H24ClF2N3O2. The van der Waals surface area contributed by atoms with Gasteiger partial charge in [-0.2, -0.15) is 0 Å². The van der Waals surface area contributed by atoms with Gasteiger partial charge in [0.1, 0.15) is 0 Å². The maximum absolute atomic E-state index is 13.0. The minimum absolute atomic E-state index is 0. The van der Waals surface area contributed by atoms with Crippen LogP contribution in [0.15, 0.2) is 24.3 Å². The number of alkyl halides is 2. The van der Waals surface area contributed by atoms with Crippen LogP contribution < -0.4 is 16.4 Å². The monoisotopic (exact) mass is 363 g/mol. The third kappa shape index (κ3) is 7.23. The first kappa shape index (κ1) is 22.3. The van der Waals surface area contributed by atoms with Gasteiger partial charge in [-0.05, 0) is 17.7 Å². The number of nitrogens with one attached hydrogen (secondary N) is 2. The van der Waals surface area contributed by atoms with E-state index in [1.165, 1.54) is 12.1 Å². The lowest BCUT2D eigenvalue weighted by Crippen LogP contribution is -2.41. The van der Waals surface area contributed by atoms with Crippen LogP contribution in [0.25, 0.3) is 0 Å². The summed E-state index contributed by atoms with van der Waals surface area (Å²) >= 11 is 0. The minimum atomic E-state index is -3.12. The maximum atomic E-state index is 13.0. The molecule has 8 heteroatoms. The molecule has 24 heavy (non-hydrogen) atoms. The molecule has 0 saturated heterocycles. The number of benzene rings is 1. The predicted molar refractivity (Wildman–Crippen MR) is 91.3 cm³/mol. The van der Waals surface area contributed by atoms with Crippen LogP contribution in [0.1, 0.15) is 36.7 Å². The van der Waals surface area contributed by atoms with E-state index in [0.29, 0.717) is 6.54 Å². The number of hydrogen-bond donors (Lipinski definition) is 3. The van der Waals surface area contributed by atoms with E-state index in [2.05, 4.69) is 10.6 Å². The van der Waals surface area contributed by atoms with Gasteiger partial charge in [0.2, 0.25) is 5.91 Å². The fourth-order valence-corrected chi connectivity index (χ4v) is 1.61. The smallest absolute Gasteiger partial charge is 0.277 e. The number of halogens is 3. The number of hydrogen-bond acceptors (Lipinski definition) is 3. The molecule has 0 aliphatic rings. The highest BCUT2D eigenvalue weighted by atomic mass is 35.5. The van der Waals surface area contributed by atoms with Crippen molar-refractivity contribution >= 4 is 24.2 Å². The van der Waals surface area contributed by atoms with Crippen molar-refractivity contribution in [1.29, 1.82) is 0 Å². The van der Waals surface area contributed by atoms with Crippen LogP contribution in [0, 0.1) is 5.41 Å². The van der Waals surface area contributed by atoms with E-state index >= 15 is 0 Å². The summed E-state index contributed by atoms with van der Waals surface area (Å²) in [4.78, 5) is 23.5. The fraction of sp³-hybridized carbons (Fsp3) is 0.500. The molecule has 0 atom stereocenters. The van der Waals surface area contributed by atoms with Crippen molar-refractivity contribution < 1.29 is 18.4 Å². The molecule has 2 amide bonds. The van der Waals surface area contributed by atoms with E-state index in [4.69, 9.17) is 5.73 Å². The van der Waals surface area contributed by atoms with Gasteiger partial charge in [-0.3, -0.25) is 9.59 Å². The molecule has 1 rings (SSSR count). The van der Waals surface area contributed by atoms with Crippen molar-refractivity contribution in [2.75, 3.05) is 13.1 Å². The Hall–Kier alpha value is -1.73. The molecule has 0 saturated carbocycles. The molecule has 0 unspecified atom stereocenters. The zero-order chi connectivity index (χ0) is 17.7. The van der Waals surface area contributed by atoms with Gasteiger partial charge in [0, 0.05) is 17.5 Å². The minimum Gasteiger partial charge on any atom is -0.352 e. The number of amides is 2. The Morgan fingerprint density at radius 2 is 1.62 bits per heavy atom. The molecule has 1 aromatic carbocycles. The summed E-state index contributed by atoms with van der Waals surface area (Å²) in [5.41, 5.74) is 5.50. The van der Waals surface area contributed by atoms with Crippen molar-refractivity contribution in [2.45, 2.75) is 33.2 Å². The summed E-state index contributed by atoms with van der Waals surface area (Å²) in [7, 11) is 0. The van der Waals surface area contributed by atoms with Crippen LogP contribution in [-0.4, -0.2) is 30.8 Å². The molecule has 0 bridgehead atoms. The van der Waals surface area contributed by atoms with Gasteiger partial charge in [-0.1, -0.05) is 32.9 Å². The average Bonchev–Trinajstić information content (AvgIpc) is 2.50. The highest BCUT2D eigenvalue weighted by Crippen LogP contribution is 2.13. The quantitative estimate of drug-likeness (QED) is 0.723. The molecule has 0 heterocycles. The summed E-state index contributed by atoms with van der Waals surface area (Å²) in [6.45, 7) is 4.15. The van der Waals surface area contributed by atoms with Crippen LogP contribution >= 0.6 is 12.4 Å². The molecular weight excluding hydrogens is 340 g/mol. The fourth-order valence-electron chi connectivity index (χ4n) is 1.61. The Morgan fingerprint density at radius 1 is 1.08 bits per heavy atom. The molecule has 4 N–H and O–H groups in total. The molecule has 0 aliphatic heterocycles. The van der Waals surface area contributed by atoms with Gasteiger partial charge >= 0.3 is 0 Å². The number of carbonyl (C=O) groups is 2. The SMILES string of the molecule is CC(C)(C)C(=O)NCc1ccc(C(=O)NCC(F)(F)CN)cc1.Cl. The van der Waals surface area contributed by atoms with Crippen molar-refractivity contribution in [3.63, 3.8) is 0 Å². The third-order valence-electron chi connectivity index (χ3n) is 3.16. The van der Waals surface area contributed by atoms with E-state index in [9.17, 15) is 18.4 Å². The molecule has 0 fully saturated rings. The molecule has 0 spiro atoms. The summed E-state index contributed by atoms with van der Waals surface area (Å²) in [5.74, 6) is -3.79. The van der Waals surface area contributed by atoms with Gasteiger partial charge in [0.15, 0.2) is 0 Å². The van der Waals surface area contributed by atoms with Crippen LogP contribution in [0.3, 0.4) is 0 Å². The first-order valence-corrected chi connectivity index (χ1v) is 7.28. The van der Waals surface area contributed by atoms with E-state index < -0.39 is 30.3 Å². The standard InChI is InChI=1S/C16H23F2N3O2.ClH/c1-15(2,3)14(23)20-8-11-4-6-12(7-5-11)13(22)21-10-16(17,18)9-19;/h4-7H,8-10,19H2,1-3H3,(H,20,23)(H,21,22);1H. The maximum Gasteiger partial charge on any atom is 0.277 e. The summed E-state index contributed by atoms with van der Waals surface area (Å²) in [6, 6.07) is 6.38. The Kier molecular flexibility index (Phi) is 8.29. The van der Waals surface area contributed by atoms with Crippen molar-refractivity contribution in [3.05, 3.63) is 35.4 Å². The van der Waals surface area contributed by atoms with Gasteiger partial charge < -0.3 is 16.4 Å².